The van der Waals surface area contributed by atoms with Crippen LogP contribution < -0.4 is 9.62 Å². The smallest absolute Gasteiger partial charge is 0.264 e. The molecule has 1 N–H and O–H groups in total. The number of benzene rings is 3. The molecule has 0 aliphatic rings. The quantitative estimate of drug-likeness (QED) is 0.392. The summed E-state index contributed by atoms with van der Waals surface area (Å²) in [6, 6.07) is 22.2. The van der Waals surface area contributed by atoms with Crippen LogP contribution in [0.4, 0.5) is 5.69 Å². The van der Waals surface area contributed by atoms with Gasteiger partial charge < -0.3 is 10.2 Å². The summed E-state index contributed by atoms with van der Waals surface area (Å²) >= 11 is 0. The second kappa shape index (κ2) is 12.7. The molecule has 0 heterocycles. The van der Waals surface area contributed by atoms with Crippen molar-refractivity contribution in [2.45, 2.75) is 58.0 Å². The molecule has 0 saturated heterocycles. The number of rotatable bonds is 11. The first-order chi connectivity index (χ1) is 18.0. The Hall–Kier alpha value is -3.65. The summed E-state index contributed by atoms with van der Waals surface area (Å²) < 4.78 is 28.7. The summed E-state index contributed by atoms with van der Waals surface area (Å²) in [6.07, 6.45) is 0.529. The standard InChI is InChI=1S/C30H37N3O4S/c1-22(2)31-30(35)25(5)32(19-18-26-12-8-6-9-13-26)29(34)21-33(27-17-16-23(3)24(4)20-27)38(36,37)28-14-10-7-11-15-28/h6-17,20,22,25H,18-19,21H2,1-5H3,(H,31,35). The van der Waals surface area contributed by atoms with Crippen molar-refractivity contribution in [1.29, 1.82) is 0 Å². The van der Waals surface area contributed by atoms with E-state index in [4.69, 9.17) is 0 Å². The molecule has 0 radical (unpaired) electrons. The van der Waals surface area contributed by atoms with Crippen LogP contribution in [0.25, 0.3) is 0 Å². The lowest BCUT2D eigenvalue weighted by Gasteiger charge is -2.32. The molecule has 0 fully saturated rings. The Morgan fingerprint density at radius 1 is 0.842 bits per heavy atom. The van der Waals surface area contributed by atoms with Crippen molar-refractivity contribution in [2.24, 2.45) is 0 Å². The van der Waals surface area contributed by atoms with Crippen molar-refractivity contribution in [3.8, 4) is 0 Å². The topological polar surface area (TPSA) is 86.8 Å². The zero-order valence-electron chi connectivity index (χ0n) is 22.7. The number of carbonyl (C=O) groups is 2. The molecule has 3 aromatic carbocycles. The van der Waals surface area contributed by atoms with Crippen LogP contribution in [0.3, 0.4) is 0 Å². The Bertz CT molecular complexity index is 1340. The molecule has 0 aromatic heterocycles. The summed E-state index contributed by atoms with van der Waals surface area (Å²) in [7, 11) is -4.06. The average Bonchev–Trinajstić information content (AvgIpc) is 2.89. The maximum atomic E-state index is 13.8. The lowest BCUT2D eigenvalue weighted by Crippen LogP contribution is -2.53. The van der Waals surface area contributed by atoms with Gasteiger partial charge in [0, 0.05) is 12.6 Å². The largest absolute Gasteiger partial charge is 0.352 e. The first-order valence-electron chi connectivity index (χ1n) is 12.8. The van der Waals surface area contributed by atoms with E-state index in [1.54, 1.807) is 37.3 Å². The molecular weight excluding hydrogens is 498 g/mol. The predicted molar refractivity (Wildman–Crippen MR) is 151 cm³/mol. The van der Waals surface area contributed by atoms with Gasteiger partial charge in [0.1, 0.15) is 12.6 Å². The number of carbonyl (C=O) groups excluding carboxylic acids is 2. The van der Waals surface area contributed by atoms with Crippen molar-refractivity contribution in [3.63, 3.8) is 0 Å². The lowest BCUT2D eigenvalue weighted by atomic mass is 10.1. The van der Waals surface area contributed by atoms with E-state index >= 15 is 0 Å². The van der Waals surface area contributed by atoms with Gasteiger partial charge in [0.15, 0.2) is 0 Å². The third-order valence-electron chi connectivity index (χ3n) is 6.47. The molecule has 0 spiro atoms. The number of aryl methyl sites for hydroxylation is 2. The highest BCUT2D eigenvalue weighted by Crippen LogP contribution is 2.26. The number of amides is 2. The molecule has 3 rings (SSSR count). The van der Waals surface area contributed by atoms with Gasteiger partial charge in [-0.05, 0) is 82.0 Å². The van der Waals surface area contributed by atoms with Crippen LogP contribution in [0.15, 0.2) is 83.8 Å². The zero-order chi connectivity index (χ0) is 27.9. The number of hydrogen-bond acceptors (Lipinski definition) is 4. The van der Waals surface area contributed by atoms with Crippen molar-refractivity contribution in [3.05, 3.63) is 95.6 Å². The maximum absolute atomic E-state index is 13.8. The van der Waals surface area contributed by atoms with E-state index in [1.807, 2.05) is 64.1 Å². The monoisotopic (exact) mass is 535 g/mol. The van der Waals surface area contributed by atoms with Crippen LogP contribution in [0.1, 0.15) is 37.5 Å². The Labute approximate surface area is 226 Å². The van der Waals surface area contributed by atoms with Gasteiger partial charge in [-0.15, -0.1) is 0 Å². The second-order valence-electron chi connectivity index (χ2n) is 9.76. The first-order valence-corrected chi connectivity index (χ1v) is 14.2. The minimum absolute atomic E-state index is 0.0902. The molecule has 8 heteroatoms. The Kier molecular flexibility index (Phi) is 9.69. The van der Waals surface area contributed by atoms with Crippen molar-refractivity contribution >= 4 is 27.5 Å². The Balaban J connectivity index is 1.99. The Morgan fingerprint density at radius 2 is 1.45 bits per heavy atom. The van der Waals surface area contributed by atoms with Crippen LogP contribution in [0.2, 0.25) is 0 Å². The van der Waals surface area contributed by atoms with Crippen LogP contribution in [0.5, 0.6) is 0 Å². The predicted octanol–water partition coefficient (Wildman–Crippen LogP) is 4.48. The van der Waals surface area contributed by atoms with Crippen LogP contribution in [-0.2, 0) is 26.0 Å². The van der Waals surface area contributed by atoms with Crippen LogP contribution in [-0.4, -0.2) is 50.3 Å². The highest BCUT2D eigenvalue weighted by atomic mass is 32.2. The summed E-state index contributed by atoms with van der Waals surface area (Å²) in [4.78, 5) is 28.3. The highest BCUT2D eigenvalue weighted by molar-refractivity contribution is 7.92. The van der Waals surface area contributed by atoms with E-state index in [-0.39, 0.29) is 23.4 Å². The third-order valence-corrected chi connectivity index (χ3v) is 8.26. The van der Waals surface area contributed by atoms with Gasteiger partial charge in [-0.1, -0.05) is 54.6 Å². The molecule has 0 saturated carbocycles. The van der Waals surface area contributed by atoms with E-state index in [1.165, 1.54) is 17.0 Å². The van der Waals surface area contributed by atoms with Crippen molar-refractivity contribution in [1.82, 2.24) is 10.2 Å². The summed E-state index contributed by atoms with van der Waals surface area (Å²) in [6.45, 7) is 9.06. The van der Waals surface area contributed by atoms with E-state index < -0.39 is 28.5 Å². The minimum Gasteiger partial charge on any atom is -0.352 e. The van der Waals surface area contributed by atoms with Crippen molar-refractivity contribution in [2.75, 3.05) is 17.4 Å². The first kappa shape index (κ1) is 28.9. The second-order valence-corrected chi connectivity index (χ2v) is 11.6. The SMILES string of the molecule is Cc1ccc(N(CC(=O)N(CCc2ccccc2)C(C)C(=O)NC(C)C)S(=O)(=O)c2ccccc2)cc1C. The van der Waals surface area contributed by atoms with E-state index in [9.17, 15) is 18.0 Å². The molecule has 0 aliphatic heterocycles. The summed E-state index contributed by atoms with van der Waals surface area (Å²) in [5.41, 5.74) is 3.34. The average molecular weight is 536 g/mol. The Morgan fingerprint density at radius 3 is 2.03 bits per heavy atom. The molecule has 7 nitrogen and oxygen atoms in total. The van der Waals surface area contributed by atoms with Gasteiger partial charge in [0.25, 0.3) is 10.0 Å². The van der Waals surface area contributed by atoms with Gasteiger partial charge in [-0.25, -0.2) is 8.42 Å². The molecule has 0 aliphatic carbocycles. The van der Waals surface area contributed by atoms with Gasteiger partial charge in [0.2, 0.25) is 11.8 Å². The summed E-state index contributed by atoms with van der Waals surface area (Å²) in [5.74, 6) is -0.741. The maximum Gasteiger partial charge on any atom is 0.264 e. The molecule has 202 valence electrons. The number of nitrogens with one attached hydrogen (secondary N) is 1. The van der Waals surface area contributed by atoms with E-state index in [0.717, 1.165) is 21.0 Å². The van der Waals surface area contributed by atoms with Gasteiger partial charge >= 0.3 is 0 Å². The number of hydrogen-bond donors (Lipinski definition) is 1. The number of anilines is 1. The molecule has 3 aromatic rings. The molecule has 1 atom stereocenters. The minimum atomic E-state index is -4.06. The number of sulfonamides is 1. The molecule has 1 unspecified atom stereocenters. The summed E-state index contributed by atoms with van der Waals surface area (Å²) in [5, 5.41) is 2.87. The molecule has 38 heavy (non-hydrogen) atoms. The normalized spacial score (nSPS) is 12.2. The van der Waals surface area contributed by atoms with Crippen LogP contribution in [0, 0.1) is 13.8 Å². The fourth-order valence-corrected chi connectivity index (χ4v) is 5.53. The third kappa shape index (κ3) is 7.22. The molecule has 0 bridgehead atoms. The fraction of sp³-hybridized carbons (Fsp3) is 0.333. The molecular formula is C30H37N3O4S. The van der Waals surface area contributed by atoms with E-state index in [2.05, 4.69) is 5.32 Å². The number of nitrogens with zero attached hydrogens (tertiary/aromatic N) is 2. The highest BCUT2D eigenvalue weighted by Gasteiger charge is 2.32. The van der Waals surface area contributed by atoms with E-state index in [0.29, 0.717) is 12.1 Å². The zero-order valence-corrected chi connectivity index (χ0v) is 23.5. The van der Waals surface area contributed by atoms with Crippen molar-refractivity contribution < 1.29 is 18.0 Å². The van der Waals surface area contributed by atoms with Gasteiger partial charge in [0.05, 0.1) is 10.6 Å². The van der Waals surface area contributed by atoms with Gasteiger partial charge in [-0.3, -0.25) is 13.9 Å². The van der Waals surface area contributed by atoms with Crippen LogP contribution >= 0.6 is 0 Å². The fourth-order valence-electron chi connectivity index (χ4n) is 4.10. The van der Waals surface area contributed by atoms with Gasteiger partial charge in [-0.2, -0.15) is 0 Å². The lowest BCUT2D eigenvalue weighted by molar-refractivity contribution is -0.139. The molecule has 2 amide bonds.